The number of nitro groups is 1. The zero-order valence-electron chi connectivity index (χ0n) is 14.6. The summed E-state index contributed by atoms with van der Waals surface area (Å²) in [7, 11) is 0. The Morgan fingerprint density at radius 2 is 1.90 bits per heavy atom. The molecular weight excluding hydrogens is 424 g/mol. The van der Waals surface area contributed by atoms with Crippen LogP contribution < -0.4 is 10.9 Å². The van der Waals surface area contributed by atoms with Gasteiger partial charge in [0.2, 0.25) is 0 Å². The third kappa shape index (κ3) is 4.61. The lowest BCUT2D eigenvalue weighted by Gasteiger charge is -2.11. The van der Waals surface area contributed by atoms with Crippen molar-refractivity contribution in [2.24, 2.45) is 0 Å². The van der Waals surface area contributed by atoms with Crippen LogP contribution in [0.5, 0.6) is 0 Å². The molecule has 0 spiro atoms. The van der Waals surface area contributed by atoms with Gasteiger partial charge in [0.05, 0.1) is 17.0 Å². The van der Waals surface area contributed by atoms with Crippen LogP contribution in [0.2, 0.25) is 10.0 Å². The smallest absolute Gasteiger partial charge is 0.289 e. The lowest BCUT2D eigenvalue weighted by Crippen LogP contribution is -2.23. The molecule has 0 unspecified atom stereocenters. The highest BCUT2D eigenvalue weighted by atomic mass is 35.5. The number of aromatic nitrogens is 1. The van der Waals surface area contributed by atoms with E-state index in [0.29, 0.717) is 0 Å². The summed E-state index contributed by atoms with van der Waals surface area (Å²) < 4.78 is 15.1. The Bertz CT molecular complexity index is 1160. The van der Waals surface area contributed by atoms with Crippen LogP contribution in [-0.2, 0) is 6.54 Å². The molecule has 0 fully saturated rings. The SMILES string of the molecule is O=C(Nc1ccc(Cl)c([N+](=O)[O-])c1)c1ccc(=O)n(Cc2c(F)cccc2Cl)c1. The minimum absolute atomic E-state index is 0.0664. The van der Waals surface area contributed by atoms with Crippen LogP contribution in [0.3, 0.4) is 0 Å². The fourth-order valence-electron chi connectivity index (χ4n) is 2.58. The van der Waals surface area contributed by atoms with Gasteiger partial charge in [0, 0.05) is 34.6 Å². The molecule has 0 bridgehead atoms. The van der Waals surface area contributed by atoms with Gasteiger partial charge in [-0.25, -0.2) is 4.39 Å². The Labute approximate surface area is 173 Å². The van der Waals surface area contributed by atoms with Gasteiger partial charge >= 0.3 is 0 Å². The number of pyridine rings is 1. The number of nitrogens with one attached hydrogen (secondary N) is 1. The van der Waals surface area contributed by atoms with Crippen molar-refractivity contribution in [1.82, 2.24) is 4.57 Å². The van der Waals surface area contributed by atoms with E-state index in [9.17, 15) is 24.1 Å². The fourth-order valence-corrected chi connectivity index (χ4v) is 2.99. The molecule has 0 aliphatic carbocycles. The van der Waals surface area contributed by atoms with E-state index in [-0.39, 0.29) is 39.1 Å². The van der Waals surface area contributed by atoms with E-state index in [4.69, 9.17) is 23.2 Å². The van der Waals surface area contributed by atoms with Crippen molar-refractivity contribution < 1.29 is 14.1 Å². The van der Waals surface area contributed by atoms with E-state index in [1.54, 1.807) is 0 Å². The number of amides is 1. The summed E-state index contributed by atoms with van der Waals surface area (Å²) in [6.07, 6.45) is 1.25. The molecule has 10 heteroatoms. The van der Waals surface area contributed by atoms with E-state index in [1.807, 2.05) is 0 Å². The zero-order valence-corrected chi connectivity index (χ0v) is 16.1. The van der Waals surface area contributed by atoms with E-state index in [0.717, 1.165) is 16.7 Å². The summed E-state index contributed by atoms with van der Waals surface area (Å²) in [5, 5.41) is 13.6. The molecule has 0 aliphatic rings. The van der Waals surface area contributed by atoms with Crippen LogP contribution in [0.15, 0.2) is 59.5 Å². The fraction of sp³-hybridized carbons (Fsp3) is 0.0526. The highest BCUT2D eigenvalue weighted by Gasteiger charge is 2.16. The number of hydrogen-bond acceptors (Lipinski definition) is 4. The predicted octanol–water partition coefficient (Wildman–Crippen LogP) is 4.50. The number of nitrogens with zero attached hydrogens (tertiary/aromatic N) is 2. The normalized spacial score (nSPS) is 10.6. The number of benzene rings is 2. The third-order valence-electron chi connectivity index (χ3n) is 4.04. The summed E-state index contributed by atoms with van der Waals surface area (Å²) in [5.74, 6) is -1.19. The van der Waals surface area contributed by atoms with Crippen LogP contribution in [-0.4, -0.2) is 15.4 Å². The number of nitro benzene ring substituents is 1. The number of carbonyl (C=O) groups excluding carboxylic acids is 1. The maximum atomic E-state index is 14.0. The Hall–Kier alpha value is -3.23. The van der Waals surface area contributed by atoms with Crippen LogP contribution in [0.1, 0.15) is 15.9 Å². The molecule has 0 saturated heterocycles. The summed E-state index contributed by atoms with van der Waals surface area (Å²) in [6.45, 7) is -0.169. The number of hydrogen-bond donors (Lipinski definition) is 1. The number of rotatable bonds is 5. The van der Waals surface area contributed by atoms with E-state index >= 15 is 0 Å². The Morgan fingerprint density at radius 1 is 1.14 bits per heavy atom. The lowest BCUT2D eigenvalue weighted by molar-refractivity contribution is -0.384. The minimum atomic E-state index is -0.670. The molecule has 3 aromatic rings. The van der Waals surface area contributed by atoms with Crippen molar-refractivity contribution in [3.05, 3.63) is 102 Å². The average Bonchev–Trinajstić information content (AvgIpc) is 2.67. The van der Waals surface area contributed by atoms with Gasteiger partial charge in [-0.1, -0.05) is 29.3 Å². The Balaban J connectivity index is 1.88. The third-order valence-corrected chi connectivity index (χ3v) is 4.71. The van der Waals surface area contributed by atoms with E-state index in [2.05, 4.69) is 5.32 Å². The standard InChI is InChI=1S/C19H12Cl2FN3O4/c20-14-2-1-3-16(22)13(14)10-24-9-11(4-7-18(24)26)19(27)23-12-5-6-15(21)17(8-12)25(28)29/h1-9H,10H2,(H,23,27). The van der Waals surface area contributed by atoms with Crippen LogP contribution in [0.25, 0.3) is 0 Å². The molecule has 148 valence electrons. The van der Waals surface area contributed by atoms with E-state index in [1.165, 1.54) is 42.6 Å². The van der Waals surface area contributed by atoms with Gasteiger partial charge in [0.1, 0.15) is 10.8 Å². The molecule has 0 saturated carbocycles. The van der Waals surface area contributed by atoms with Crippen LogP contribution in [0, 0.1) is 15.9 Å². The van der Waals surface area contributed by atoms with Crippen molar-refractivity contribution in [1.29, 1.82) is 0 Å². The highest BCUT2D eigenvalue weighted by molar-refractivity contribution is 6.32. The number of halogens is 3. The van der Waals surface area contributed by atoms with Crippen molar-refractivity contribution in [3.63, 3.8) is 0 Å². The molecule has 1 heterocycles. The molecule has 0 radical (unpaired) electrons. The molecule has 3 rings (SSSR count). The summed E-state index contributed by atoms with van der Waals surface area (Å²) in [6, 6.07) is 10.4. The highest BCUT2D eigenvalue weighted by Crippen LogP contribution is 2.27. The van der Waals surface area contributed by atoms with Crippen LogP contribution in [0.4, 0.5) is 15.8 Å². The van der Waals surface area contributed by atoms with Crippen LogP contribution >= 0.6 is 23.2 Å². The molecule has 7 nitrogen and oxygen atoms in total. The predicted molar refractivity (Wildman–Crippen MR) is 107 cm³/mol. The van der Waals surface area contributed by atoms with Gasteiger partial charge < -0.3 is 9.88 Å². The molecule has 1 amide bonds. The first-order chi connectivity index (χ1) is 13.8. The number of carbonyl (C=O) groups is 1. The van der Waals surface area contributed by atoms with Gasteiger partial charge in [-0.3, -0.25) is 19.7 Å². The van der Waals surface area contributed by atoms with E-state index < -0.39 is 22.2 Å². The van der Waals surface area contributed by atoms with Crippen molar-refractivity contribution in [3.8, 4) is 0 Å². The molecular formula is C19H12Cl2FN3O4. The summed E-state index contributed by atoms with van der Waals surface area (Å²) in [5.41, 5.74) is -0.454. The average molecular weight is 436 g/mol. The van der Waals surface area contributed by atoms with Gasteiger partial charge in [0.25, 0.3) is 17.2 Å². The maximum Gasteiger partial charge on any atom is 0.289 e. The lowest BCUT2D eigenvalue weighted by atomic mass is 10.2. The van der Waals surface area contributed by atoms with Gasteiger partial charge in [-0.15, -0.1) is 0 Å². The molecule has 0 aliphatic heterocycles. The first-order valence-electron chi connectivity index (χ1n) is 8.15. The topological polar surface area (TPSA) is 94.2 Å². The molecule has 29 heavy (non-hydrogen) atoms. The second-order valence-corrected chi connectivity index (χ2v) is 6.78. The first kappa shape index (κ1) is 20.5. The zero-order chi connectivity index (χ0) is 21.1. The molecule has 2 aromatic carbocycles. The van der Waals surface area contributed by atoms with Gasteiger partial charge in [0.15, 0.2) is 0 Å². The van der Waals surface area contributed by atoms with Gasteiger partial charge in [-0.2, -0.15) is 0 Å². The molecule has 0 atom stereocenters. The summed E-state index contributed by atoms with van der Waals surface area (Å²) >= 11 is 11.7. The van der Waals surface area contributed by atoms with Gasteiger partial charge in [-0.05, 0) is 30.3 Å². The first-order valence-corrected chi connectivity index (χ1v) is 8.90. The Kier molecular flexibility index (Phi) is 5.95. The minimum Gasteiger partial charge on any atom is -0.322 e. The van der Waals surface area contributed by atoms with Crippen molar-refractivity contribution in [2.75, 3.05) is 5.32 Å². The maximum absolute atomic E-state index is 14.0. The largest absolute Gasteiger partial charge is 0.322 e. The number of anilines is 1. The Morgan fingerprint density at radius 3 is 2.59 bits per heavy atom. The quantitative estimate of drug-likeness (QED) is 0.471. The molecule has 1 aromatic heterocycles. The van der Waals surface area contributed by atoms with Crippen molar-refractivity contribution >= 4 is 40.5 Å². The summed E-state index contributed by atoms with van der Waals surface area (Å²) in [4.78, 5) is 34.9. The monoisotopic (exact) mass is 435 g/mol. The second kappa shape index (κ2) is 8.42. The second-order valence-electron chi connectivity index (χ2n) is 5.96. The molecule has 1 N–H and O–H groups in total. The van der Waals surface area contributed by atoms with Crippen molar-refractivity contribution in [2.45, 2.75) is 6.54 Å².